The van der Waals surface area contributed by atoms with Crippen molar-refractivity contribution >= 4 is 34.7 Å². The van der Waals surface area contributed by atoms with Gasteiger partial charge < -0.3 is 4.42 Å². The topological polar surface area (TPSA) is 64.7 Å². The van der Waals surface area contributed by atoms with E-state index in [1.54, 1.807) is 23.5 Å². The molecule has 0 aliphatic rings. The van der Waals surface area contributed by atoms with E-state index >= 15 is 0 Å². The molecule has 0 saturated heterocycles. The number of nitrogens with zero attached hydrogens (tertiary/aromatic N) is 4. The van der Waals surface area contributed by atoms with Gasteiger partial charge in [0.1, 0.15) is 5.01 Å². The van der Waals surface area contributed by atoms with Crippen molar-refractivity contribution in [1.82, 2.24) is 20.4 Å². The fourth-order valence-electron chi connectivity index (χ4n) is 1.48. The highest BCUT2D eigenvalue weighted by Gasteiger charge is 2.10. The van der Waals surface area contributed by atoms with Crippen LogP contribution in [0.5, 0.6) is 0 Å². The lowest BCUT2D eigenvalue weighted by atomic mass is 10.2. The molecular weight excluding hydrogens is 316 g/mol. The van der Waals surface area contributed by atoms with Gasteiger partial charge in [0.05, 0.1) is 5.75 Å². The van der Waals surface area contributed by atoms with Crippen LogP contribution in [0.3, 0.4) is 0 Å². The summed E-state index contributed by atoms with van der Waals surface area (Å²) >= 11 is 8.92. The SMILES string of the molecule is Cc1nnc(SCc2nnc(-c3ccc(Cl)cc3)o2)s1. The van der Waals surface area contributed by atoms with Crippen molar-refractivity contribution in [3.8, 4) is 11.5 Å². The fraction of sp³-hybridized carbons (Fsp3) is 0.167. The third kappa shape index (κ3) is 3.17. The summed E-state index contributed by atoms with van der Waals surface area (Å²) in [6, 6.07) is 7.28. The smallest absolute Gasteiger partial charge is 0.247 e. The minimum Gasteiger partial charge on any atom is -0.420 e. The van der Waals surface area contributed by atoms with E-state index in [1.165, 1.54) is 11.8 Å². The number of hydrogen-bond donors (Lipinski definition) is 0. The second-order valence-corrected chi connectivity index (χ2v) is 6.72. The first-order chi connectivity index (χ1) is 9.70. The van der Waals surface area contributed by atoms with Gasteiger partial charge in [-0.3, -0.25) is 0 Å². The van der Waals surface area contributed by atoms with Gasteiger partial charge in [-0.2, -0.15) is 0 Å². The molecule has 5 nitrogen and oxygen atoms in total. The van der Waals surface area contributed by atoms with Gasteiger partial charge in [-0.05, 0) is 31.2 Å². The number of hydrogen-bond acceptors (Lipinski definition) is 7. The summed E-state index contributed by atoms with van der Waals surface area (Å²) in [7, 11) is 0. The lowest BCUT2D eigenvalue weighted by Gasteiger charge is -1.94. The predicted molar refractivity (Wildman–Crippen MR) is 79.0 cm³/mol. The third-order valence-corrected chi connectivity index (χ3v) is 4.59. The van der Waals surface area contributed by atoms with E-state index in [2.05, 4.69) is 20.4 Å². The molecule has 0 amide bonds. The van der Waals surface area contributed by atoms with Crippen molar-refractivity contribution in [1.29, 1.82) is 0 Å². The van der Waals surface area contributed by atoms with Gasteiger partial charge in [-0.1, -0.05) is 34.7 Å². The molecule has 0 spiro atoms. The Balaban J connectivity index is 1.69. The van der Waals surface area contributed by atoms with Crippen LogP contribution < -0.4 is 0 Å². The van der Waals surface area contributed by atoms with E-state index in [-0.39, 0.29) is 0 Å². The maximum Gasteiger partial charge on any atom is 0.247 e. The van der Waals surface area contributed by atoms with Gasteiger partial charge in [0.25, 0.3) is 0 Å². The Bertz CT molecular complexity index is 710. The standard InChI is InChI=1S/C12H9ClN4OS2/c1-7-14-17-12(20-7)19-6-10-15-16-11(18-10)8-2-4-9(13)5-3-8/h2-5H,6H2,1H3. The van der Waals surface area contributed by atoms with Crippen LogP contribution in [0.15, 0.2) is 33.0 Å². The van der Waals surface area contributed by atoms with Crippen LogP contribution in [-0.4, -0.2) is 20.4 Å². The number of thioether (sulfide) groups is 1. The van der Waals surface area contributed by atoms with Crippen molar-refractivity contribution < 1.29 is 4.42 Å². The second kappa shape index (κ2) is 5.90. The number of aryl methyl sites for hydroxylation is 1. The number of aromatic nitrogens is 4. The molecule has 1 aromatic carbocycles. The maximum absolute atomic E-state index is 5.84. The highest BCUT2D eigenvalue weighted by atomic mass is 35.5. The van der Waals surface area contributed by atoms with Crippen LogP contribution in [-0.2, 0) is 5.75 Å². The molecule has 2 aromatic heterocycles. The van der Waals surface area contributed by atoms with Gasteiger partial charge >= 0.3 is 0 Å². The molecule has 20 heavy (non-hydrogen) atoms. The van der Waals surface area contributed by atoms with Crippen LogP contribution in [0, 0.1) is 6.92 Å². The van der Waals surface area contributed by atoms with Gasteiger partial charge in [0, 0.05) is 10.6 Å². The summed E-state index contributed by atoms with van der Waals surface area (Å²) in [5.41, 5.74) is 0.852. The Hall–Kier alpha value is -1.44. The maximum atomic E-state index is 5.84. The van der Waals surface area contributed by atoms with Crippen LogP contribution in [0.1, 0.15) is 10.9 Å². The summed E-state index contributed by atoms with van der Waals surface area (Å²) in [4.78, 5) is 0. The summed E-state index contributed by atoms with van der Waals surface area (Å²) < 4.78 is 6.51. The molecule has 2 heterocycles. The Labute approximate surface area is 128 Å². The Morgan fingerprint density at radius 3 is 2.65 bits per heavy atom. The number of rotatable bonds is 4. The number of halogens is 1. The molecule has 0 atom stereocenters. The molecule has 0 bridgehead atoms. The molecule has 3 rings (SSSR count). The minimum atomic E-state index is 0.491. The zero-order valence-electron chi connectivity index (χ0n) is 10.4. The Morgan fingerprint density at radius 2 is 1.95 bits per heavy atom. The van der Waals surface area contributed by atoms with Crippen LogP contribution in [0.2, 0.25) is 5.02 Å². The van der Waals surface area contributed by atoms with Crippen molar-refractivity contribution in [2.24, 2.45) is 0 Å². The largest absolute Gasteiger partial charge is 0.420 e. The first-order valence-electron chi connectivity index (χ1n) is 5.72. The molecule has 0 fully saturated rings. The van der Waals surface area contributed by atoms with E-state index < -0.39 is 0 Å². The van der Waals surface area contributed by atoms with Gasteiger partial charge in [-0.25, -0.2) is 0 Å². The monoisotopic (exact) mass is 324 g/mol. The van der Waals surface area contributed by atoms with Crippen LogP contribution in [0.4, 0.5) is 0 Å². The molecular formula is C12H9ClN4OS2. The van der Waals surface area contributed by atoms with E-state index in [9.17, 15) is 0 Å². The van der Waals surface area contributed by atoms with Gasteiger partial charge in [-0.15, -0.1) is 20.4 Å². The summed E-state index contributed by atoms with van der Waals surface area (Å²) in [5.74, 6) is 1.63. The highest BCUT2D eigenvalue weighted by Crippen LogP contribution is 2.26. The Morgan fingerprint density at radius 1 is 1.15 bits per heavy atom. The van der Waals surface area contributed by atoms with E-state index in [0.29, 0.717) is 22.6 Å². The van der Waals surface area contributed by atoms with Gasteiger partial charge in [0.2, 0.25) is 11.8 Å². The van der Waals surface area contributed by atoms with Gasteiger partial charge in [0.15, 0.2) is 4.34 Å². The van der Waals surface area contributed by atoms with Crippen molar-refractivity contribution in [3.63, 3.8) is 0 Å². The summed E-state index contributed by atoms with van der Waals surface area (Å²) in [5, 5.41) is 17.7. The molecule has 8 heteroatoms. The van der Waals surface area contributed by atoms with Crippen molar-refractivity contribution in [2.45, 2.75) is 17.0 Å². The average Bonchev–Trinajstić information content (AvgIpc) is 3.06. The molecule has 0 unspecified atom stereocenters. The van der Waals surface area contributed by atoms with Crippen LogP contribution in [0.25, 0.3) is 11.5 Å². The third-order valence-electron chi connectivity index (χ3n) is 2.38. The average molecular weight is 325 g/mol. The summed E-state index contributed by atoms with van der Waals surface area (Å²) in [6.07, 6.45) is 0. The molecule has 0 saturated carbocycles. The molecule has 102 valence electrons. The lowest BCUT2D eigenvalue weighted by Crippen LogP contribution is -1.80. The zero-order valence-corrected chi connectivity index (χ0v) is 12.8. The molecule has 0 N–H and O–H groups in total. The Kier molecular flexibility index (Phi) is 4.00. The first-order valence-corrected chi connectivity index (χ1v) is 7.90. The van der Waals surface area contributed by atoms with E-state index in [0.717, 1.165) is 14.9 Å². The first kappa shape index (κ1) is 13.5. The fourth-order valence-corrected chi connectivity index (χ4v) is 3.26. The minimum absolute atomic E-state index is 0.491. The van der Waals surface area contributed by atoms with E-state index in [1.807, 2.05) is 19.1 Å². The quantitative estimate of drug-likeness (QED) is 0.679. The molecule has 0 aliphatic heterocycles. The molecule has 0 radical (unpaired) electrons. The second-order valence-electron chi connectivity index (χ2n) is 3.88. The molecule has 0 aliphatic carbocycles. The zero-order chi connectivity index (χ0) is 13.9. The van der Waals surface area contributed by atoms with Crippen LogP contribution >= 0.6 is 34.7 Å². The number of benzene rings is 1. The normalized spacial score (nSPS) is 10.9. The lowest BCUT2D eigenvalue weighted by molar-refractivity contribution is 0.528. The predicted octanol–water partition coefficient (Wildman–Crippen LogP) is 3.84. The highest BCUT2D eigenvalue weighted by molar-refractivity contribution is 8.00. The van der Waals surface area contributed by atoms with E-state index in [4.69, 9.17) is 16.0 Å². The van der Waals surface area contributed by atoms with Crippen molar-refractivity contribution in [3.05, 3.63) is 40.2 Å². The summed E-state index contributed by atoms with van der Waals surface area (Å²) in [6.45, 7) is 1.92. The molecule has 3 aromatic rings. The van der Waals surface area contributed by atoms with Crippen molar-refractivity contribution in [2.75, 3.05) is 0 Å².